The van der Waals surface area contributed by atoms with Crippen LogP contribution in [-0.4, -0.2) is 35.2 Å². The Balaban J connectivity index is 0.00000312. The van der Waals surface area contributed by atoms with Gasteiger partial charge in [-0.1, -0.05) is 13.0 Å². The fourth-order valence-corrected chi connectivity index (χ4v) is 2.33. The van der Waals surface area contributed by atoms with E-state index >= 15 is 0 Å². The summed E-state index contributed by atoms with van der Waals surface area (Å²) in [6.07, 6.45) is 4.31. The largest absolute Gasteiger partial charge is 0.352 e. The molecule has 2 aromatic rings. The lowest BCUT2D eigenvalue weighted by Crippen LogP contribution is -2.30. The van der Waals surface area contributed by atoms with E-state index < -0.39 is 6.04 Å². The van der Waals surface area contributed by atoms with Crippen LogP contribution in [0.2, 0.25) is 0 Å². The number of likely N-dealkylation sites (N-methyl/N-ethyl adjacent to an activating group) is 1. The number of hydrogen-bond acceptors (Lipinski definition) is 4. The van der Waals surface area contributed by atoms with Crippen molar-refractivity contribution in [2.24, 2.45) is 7.05 Å². The maximum atomic E-state index is 12.5. The Labute approximate surface area is 153 Å². The Morgan fingerprint density at radius 1 is 1.32 bits per heavy atom. The molecule has 136 valence electrons. The quantitative estimate of drug-likeness (QED) is 0.699. The number of hydrogen-bond donors (Lipinski definition) is 3. The van der Waals surface area contributed by atoms with E-state index in [1.54, 1.807) is 55.4 Å². The van der Waals surface area contributed by atoms with Crippen LogP contribution in [0.25, 0.3) is 0 Å². The molecule has 8 heteroatoms. The van der Waals surface area contributed by atoms with E-state index in [1.807, 2.05) is 6.92 Å². The third-order valence-electron chi connectivity index (χ3n) is 3.54. The van der Waals surface area contributed by atoms with Crippen LogP contribution in [0.1, 0.15) is 35.3 Å². The highest BCUT2D eigenvalue weighted by Gasteiger charge is 2.20. The Bertz CT molecular complexity index is 717. The molecule has 0 aliphatic heterocycles. The molecule has 7 nitrogen and oxygen atoms in total. The highest BCUT2D eigenvalue weighted by atomic mass is 35.5. The van der Waals surface area contributed by atoms with Gasteiger partial charge in [-0.25, -0.2) is 0 Å². The summed E-state index contributed by atoms with van der Waals surface area (Å²) >= 11 is 0. The first-order chi connectivity index (χ1) is 11.5. The Morgan fingerprint density at radius 3 is 2.68 bits per heavy atom. The van der Waals surface area contributed by atoms with Gasteiger partial charge in [-0.15, -0.1) is 12.4 Å². The molecule has 1 aromatic carbocycles. The van der Waals surface area contributed by atoms with Crippen molar-refractivity contribution < 1.29 is 9.59 Å². The number of carbonyl (C=O) groups excluding carboxylic acids is 2. The first-order valence-electron chi connectivity index (χ1n) is 7.90. The molecule has 1 aromatic heterocycles. The zero-order valence-corrected chi connectivity index (χ0v) is 15.4. The molecule has 1 atom stereocenters. The van der Waals surface area contributed by atoms with E-state index in [2.05, 4.69) is 21.0 Å². The summed E-state index contributed by atoms with van der Waals surface area (Å²) in [5.41, 5.74) is 1.87. The smallest absolute Gasteiger partial charge is 0.251 e. The molecule has 1 heterocycles. The summed E-state index contributed by atoms with van der Waals surface area (Å²) in [7, 11) is 3.51. The van der Waals surface area contributed by atoms with Crippen molar-refractivity contribution in [3.8, 4) is 0 Å². The van der Waals surface area contributed by atoms with Crippen LogP contribution < -0.4 is 16.0 Å². The first kappa shape index (κ1) is 20.7. The van der Waals surface area contributed by atoms with Crippen LogP contribution in [0.15, 0.2) is 36.7 Å². The SMILES string of the molecule is CCCNC(=O)c1cccc(NC(=O)C(NC)c2cnn(C)c2)c1.Cl. The van der Waals surface area contributed by atoms with Gasteiger partial charge in [0.15, 0.2) is 0 Å². The summed E-state index contributed by atoms with van der Waals surface area (Å²) in [6.45, 7) is 2.62. The third-order valence-corrected chi connectivity index (χ3v) is 3.54. The average molecular weight is 366 g/mol. The van der Waals surface area contributed by atoms with Crippen molar-refractivity contribution >= 4 is 29.9 Å². The summed E-state index contributed by atoms with van der Waals surface area (Å²) in [4.78, 5) is 24.5. The third kappa shape index (κ3) is 5.58. The zero-order chi connectivity index (χ0) is 17.5. The molecular weight excluding hydrogens is 342 g/mol. The van der Waals surface area contributed by atoms with Crippen LogP contribution in [0.5, 0.6) is 0 Å². The standard InChI is InChI=1S/C17H23N5O2.ClH/c1-4-8-19-16(23)12-6-5-7-14(9-12)21-17(24)15(18-2)13-10-20-22(3)11-13;/h5-7,9-11,15,18H,4,8H2,1-3H3,(H,19,23)(H,21,24);1H. The topological polar surface area (TPSA) is 88.1 Å². The zero-order valence-electron chi connectivity index (χ0n) is 14.6. The molecule has 0 saturated carbocycles. The second-order valence-electron chi connectivity index (χ2n) is 5.49. The average Bonchev–Trinajstić information content (AvgIpc) is 2.99. The van der Waals surface area contributed by atoms with Gasteiger partial charge in [0.05, 0.1) is 6.20 Å². The molecule has 0 aliphatic rings. The maximum Gasteiger partial charge on any atom is 0.251 e. The van der Waals surface area contributed by atoms with Crippen molar-refractivity contribution in [3.63, 3.8) is 0 Å². The van der Waals surface area contributed by atoms with Crippen LogP contribution >= 0.6 is 12.4 Å². The van der Waals surface area contributed by atoms with Gasteiger partial charge in [0, 0.05) is 36.6 Å². The molecule has 2 amide bonds. The second kappa shape index (κ2) is 9.80. The number of amides is 2. The molecular formula is C17H24ClN5O2. The summed E-state index contributed by atoms with van der Waals surface area (Å²) < 4.78 is 1.64. The highest BCUT2D eigenvalue weighted by molar-refractivity contribution is 5.98. The van der Waals surface area contributed by atoms with Crippen LogP contribution in [-0.2, 0) is 11.8 Å². The maximum absolute atomic E-state index is 12.5. The van der Waals surface area contributed by atoms with Crippen LogP contribution in [0.3, 0.4) is 0 Å². The Morgan fingerprint density at radius 2 is 2.08 bits per heavy atom. The molecule has 25 heavy (non-hydrogen) atoms. The fourth-order valence-electron chi connectivity index (χ4n) is 2.33. The number of nitrogens with one attached hydrogen (secondary N) is 3. The summed E-state index contributed by atoms with van der Waals surface area (Å²) in [5.74, 6) is -0.359. The van der Waals surface area contributed by atoms with E-state index in [9.17, 15) is 9.59 Å². The number of halogens is 1. The number of aryl methyl sites for hydroxylation is 1. The minimum Gasteiger partial charge on any atom is -0.352 e. The van der Waals surface area contributed by atoms with Gasteiger partial charge >= 0.3 is 0 Å². The van der Waals surface area contributed by atoms with E-state index in [1.165, 1.54) is 0 Å². The van der Waals surface area contributed by atoms with Crippen molar-refractivity contribution in [3.05, 3.63) is 47.8 Å². The van der Waals surface area contributed by atoms with Crippen LogP contribution in [0.4, 0.5) is 5.69 Å². The number of nitrogens with zero attached hydrogens (tertiary/aromatic N) is 2. The van der Waals surface area contributed by atoms with Gasteiger partial charge in [-0.05, 0) is 31.7 Å². The van der Waals surface area contributed by atoms with Crippen LogP contribution in [0, 0.1) is 0 Å². The lowest BCUT2D eigenvalue weighted by molar-refractivity contribution is -0.118. The molecule has 0 fully saturated rings. The number of rotatable bonds is 7. The van der Waals surface area contributed by atoms with Gasteiger partial charge in [0.2, 0.25) is 5.91 Å². The number of anilines is 1. The second-order valence-corrected chi connectivity index (χ2v) is 5.49. The van der Waals surface area contributed by atoms with Gasteiger partial charge in [0.1, 0.15) is 6.04 Å². The van der Waals surface area contributed by atoms with Crippen molar-refractivity contribution in [2.75, 3.05) is 18.9 Å². The molecule has 0 radical (unpaired) electrons. The van der Waals surface area contributed by atoms with E-state index in [0.717, 1.165) is 12.0 Å². The van der Waals surface area contributed by atoms with E-state index in [-0.39, 0.29) is 24.2 Å². The van der Waals surface area contributed by atoms with Gasteiger partial charge in [0.25, 0.3) is 5.91 Å². The molecule has 3 N–H and O–H groups in total. The normalized spacial score (nSPS) is 11.3. The number of aromatic nitrogens is 2. The fraction of sp³-hybridized carbons (Fsp3) is 0.353. The van der Waals surface area contributed by atoms with Crippen molar-refractivity contribution in [2.45, 2.75) is 19.4 Å². The lowest BCUT2D eigenvalue weighted by atomic mass is 10.1. The Hall–Kier alpha value is -2.38. The monoisotopic (exact) mass is 365 g/mol. The molecule has 2 rings (SSSR count). The molecule has 0 aliphatic carbocycles. The van der Waals surface area contributed by atoms with Gasteiger partial charge in [-0.2, -0.15) is 5.10 Å². The Kier molecular flexibility index (Phi) is 8.10. The lowest BCUT2D eigenvalue weighted by Gasteiger charge is -2.15. The molecule has 1 unspecified atom stereocenters. The predicted molar refractivity (Wildman–Crippen MR) is 100.0 cm³/mol. The predicted octanol–water partition coefficient (Wildman–Crippen LogP) is 1.88. The molecule has 0 saturated heterocycles. The summed E-state index contributed by atoms with van der Waals surface area (Å²) in [5, 5.41) is 12.7. The highest BCUT2D eigenvalue weighted by Crippen LogP contribution is 2.16. The summed E-state index contributed by atoms with van der Waals surface area (Å²) in [6, 6.07) is 6.37. The number of benzene rings is 1. The van der Waals surface area contributed by atoms with Crippen molar-refractivity contribution in [1.29, 1.82) is 0 Å². The van der Waals surface area contributed by atoms with Crippen molar-refractivity contribution in [1.82, 2.24) is 20.4 Å². The van der Waals surface area contributed by atoms with Gasteiger partial charge in [-0.3, -0.25) is 14.3 Å². The van der Waals surface area contributed by atoms with E-state index in [4.69, 9.17) is 0 Å². The molecule has 0 bridgehead atoms. The first-order valence-corrected chi connectivity index (χ1v) is 7.90. The number of carbonyl (C=O) groups is 2. The minimum absolute atomic E-state index is 0. The van der Waals surface area contributed by atoms with Gasteiger partial charge < -0.3 is 16.0 Å². The van der Waals surface area contributed by atoms with E-state index in [0.29, 0.717) is 17.8 Å². The minimum atomic E-state index is -0.517. The molecule has 0 spiro atoms.